The van der Waals surface area contributed by atoms with Crippen LogP contribution in [-0.2, 0) is 0 Å². The molecule has 1 aliphatic rings. The van der Waals surface area contributed by atoms with E-state index in [-0.39, 0.29) is 29.5 Å². The summed E-state index contributed by atoms with van der Waals surface area (Å²) in [5.41, 5.74) is 0.191. The van der Waals surface area contributed by atoms with Crippen molar-refractivity contribution >= 4 is 41.7 Å². The van der Waals surface area contributed by atoms with Gasteiger partial charge in [-0.25, -0.2) is 0 Å². The summed E-state index contributed by atoms with van der Waals surface area (Å²) >= 11 is 1.92. The van der Waals surface area contributed by atoms with Gasteiger partial charge in [0.25, 0.3) is 0 Å². The first kappa shape index (κ1) is 22.3. The zero-order valence-corrected chi connectivity index (χ0v) is 17.9. The second kappa shape index (κ2) is 12.7. The van der Waals surface area contributed by atoms with Crippen molar-refractivity contribution in [3.63, 3.8) is 0 Å². The lowest BCUT2D eigenvalue weighted by molar-refractivity contribution is 0.0982. The molecule has 0 aliphatic carbocycles. The van der Waals surface area contributed by atoms with E-state index in [0.29, 0.717) is 0 Å². The van der Waals surface area contributed by atoms with Crippen molar-refractivity contribution < 1.29 is 0 Å². The van der Waals surface area contributed by atoms with Crippen LogP contribution in [0.2, 0.25) is 0 Å². The molecule has 0 aromatic carbocycles. The van der Waals surface area contributed by atoms with E-state index in [4.69, 9.17) is 0 Å². The SMILES string of the molecule is CN=C(NCCCCSC)NCC(C)(C)N1CCCCC1.I. The fourth-order valence-electron chi connectivity index (χ4n) is 2.71. The van der Waals surface area contributed by atoms with Gasteiger partial charge in [-0.3, -0.25) is 9.89 Å². The molecule has 1 fully saturated rings. The Hall–Kier alpha value is 0.310. The van der Waals surface area contributed by atoms with E-state index in [9.17, 15) is 0 Å². The molecule has 4 nitrogen and oxygen atoms in total. The number of unbranched alkanes of at least 4 members (excludes halogenated alkanes) is 1. The van der Waals surface area contributed by atoms with Crippen LogP contribution in [0, 0.1) is 0 Å². The molecule has 0 amide bonds. The van der Waals surface area contributed by atoms with Gasteiger partial charge in [0.2, 0.25) is 0 Å². The number of piperidine rings is 1. The maximum absolute atomic E-state index is 4.32. The maximum Gasteiger partial charge on any atom is 0.191 e. The lowest BCUT2D eigenvalue weighted by Gasteiger charge is -2.41. The van der Waals surface area contributed by atoms with Crippen LogP contribution < -0.4 is 10.6 Å². The summed E-state index contributed by atoms with van der Waals surface area (Å²) in [4.78, 5) is 6.93. The highest BCUT2D eigenvalue weighted by molar-refractivity contribution is 14.0. The predicted octanol–water partition coefficient (Wildman–Crippen LogP) is 3.18. The Balaban J connectivity index is 0.00000441. The van der Waals surface area contributed by atoms with Crippen LogP contribution in [0.5, 0.6) is 0 Å². The summed E-state index contributed by atoms with van der Waals surface area (Å²) in [6.45, 7) is 9.07. The Labute approximate surface area is 158 Å². The number of hydrogen-bond acceptors (Lipinski definition) is 3. The molecule has 6 heteroatoms. The van der Waals surface area contributed by atoms with Gasteiger partial charge < -0.3 is 10.6 Å². The number of halogens is 1. The second-order valence-electron chi connectivity index (χ2n) is 6.41. The van der Waals surface area contributed by atoms with E-state index in [2.05, 4.69) is 40.6 Å². The largest absolute Gasteiger partial charge is 0.356 e. The van der Waals surface area contributed by atoms with Gasteiger partial charge in [-0.1, -0.05) is 6.42 Å². The molecule has 0 aromatic heterocycles. The summed E-state index contributed by atoms with van der Waals surface area (Å²) in [5.74, 6) is 2.18. The van der Waals surface area contributed by atoms with Gasteiger partial charge >= 0.3 is 0 Å². The summed E-state index contributed by atoms with van der Waals surface area (Å²) in [6, 6.07) is 0. The number of thioether (sulfide) groups is 1. The molecule has 1 heterocycles. The van der Waals surface area contributed by atoms with Crippen molar-refractivity contribution in [3.8, 4) is 0 Å². The van der Waals surface area contributed by atoms with Crippen molar-refractivity contribution in [2.24, 2.45) is 4.99 Å². The Morgan fingerprint density at radius 1 is 1.14 bits per heavy atom. The van der Waals surface area contributed by atoms with Crippen LogP contribution in [0.15, 0.2) is 4.99 Å². The van der Waals surface area contributed by atoms with Gasteiger partial charge in [-0.2, -0.15) is 11.8 Å². The molecule has 2 N–H and O–H groups in total. The number of guanidine groups is 1. The number of nitrogens with zero attached hydrogens (tertiary/aromatic N) is 2. The zero-order chi connectivity index (χ0) is 15.6. The van der Waals surface area contributed by atoms with Crippen molar-refractivity contribution in [3.05, 3.63) is 0 Å². The fraction of sp³-hybridized carbons (Fsp3) is 0.938. The van der Waals surface area contributed by atoms with Crippen LogP contribution in [0.25, 0.3) is 0 Å². The number of nitrogens with one attached hydrogen (secondary N) is 2. The second-order valence-corrected chi connectivity index (χ2v) is 7.40. The van der Waals surface area contributed by atoms with Crippen molar-refractivity contribution in [1.29, 1.82) is 0 Å². The van der Waals surface area contributed by atoms with Crippen LogP contribution in [0.1, 0.15) is 46.0 Å². The predicted molar refractivity (Wildman–Crippen MR) is 112 cm³/mol. The van der Waals surface area contributed by atoms with Gasteiger partial charge in [-0.05, 0) is 64.6 Å². The molecule has 1 saturated heterocycles. The Kier molecular flexibility index (Phi) is 12.9. The average Bonchev–Trinajstić information content (AvgIpc) is 2.51. The quantitative estimate of drug-likeness (QED) is 0.262. The minimum Gasteiger partial charge on any atom is -0.356 e. The number of rotatable bonds is 8. The Bertz CT molecular complexity index is 305. The molecule has 0 radical (unpaired) electrons. The first-order valence-corrected chi connectivity index (χ1v) is 9.68. The normalized spacial score (nSPS) is 17.0. The third-order valence-electron chi connectivity index (χ3n) is 4.19. The van der Waals surface area contributed by atoms with Gasteiger partial charge in [0.15, 0.2) is 5.96 Å². The number of hydrogen-bond donors (Lipinski definition) is 2. The maximum atomic E-state index is 4.32. The van der Waals surface area contributed by atoms with E-state index >= 15 is 0 Å². The third kappa shape index (κ3) is 8.82. The molecule has 132 valence electrons. The highest BCUT2D eigenvalue weighted by Gasteiger charge is 2.27. The first-order chi connectivity index (χ1) is 10.1. The van der Waals surface area contributed by atoms with Crippen LogP contribution in [0.4, 0.5) is 0 Å². The van der Waals surface area contributed by atoms with E-state index in [1.54, 1.807) is 0 Å². The zero-order valence-electron chi connectivity index (χ0n) is 14.8. The van der Waals surface area contributed by atoms with Gasteiger partial charge in [0.1, 0.15) is 0 Å². The molecule has 0 aromatic rings. The molecule has 0 spiro atoms. The van der Waals surface area contributed by atoms with Gasteiger partial charge in [-0.15, -0.1) is 24.0 Å². The fourth-order valence-corrected chi connectivity index (χ4v) is 3.20. The van der Waals surface area contributed by atoms with Crippen LogP contribution >= 0.6 is 35.7 Å². The monoisotopic (exact) mass is 442 g/mol. The van der Waals surface area contributed by atoms with E-state index in [1.165, 1.54) is 50.9 Å². The van der Waals surface area contributed by atoms with Crippen molar-refractivity contribution in [2.45, 2.75) is 51.5 Å². The smallest absolute Gasteiger partial charge is 0.191 e. The van der Waals surface area contributed by atoms with Crippen molar-refractivity contribution in [2.75, 3.05) is 45.2 Å². The molecule has 22 heavy (non-hydrogen) atoms. The lowest BCUT2D eigenvalue weighted by Crippen LogP contribution is -2.54. The van der Waals surface area contributed by atoms with Gasteiger partial charge in [0.05, 0.1) is 0 Å². The van der Waals surface area contributed by atoms with Gasteiger partial charge in [0, 0.05) is 25.7 Å². The third-order valence-corrected chi connectivity index (χ3v) is 4.89. The molecule has 1 aliphatic heterocycles. The molecule has 0 unspecified atom stereocenters. The standard InChI is InChI=1S/C16H34N4S.HI/c1-16(2,20-11-7-5-8-12-20)14-19-15(17-3)18-10-6-9-13-21-4;/h5-14H2,1-4H3,(H2,17,18,19);1H. The summed E-state index contributed by atoms with van der Waals surface area (Å²) < 4.78 is 0. The van der Waals surface area contributed by atoms with E-state index in [0.717, 1.165) is 19.0 Å². The minimum atomic E-state index is 0. The Morgan fingerprint density at radius 2 is 1.82 bits per heavy atom. The molecular formula is C16H35IN4S. The average molecular weight is 442 g/mol. The summed E-state index contributed by atoms with van der Waals surface area (Å²) in [7, 11) is 1.85. The first-order valence-electron chi connectivity index (χ1n) is 8.28. The minimum absolute atomic E-state index is 0. The highest BCUT2D eigenvalue weighted by atomic mass is 127. The molecular weight excluding hydrogens is 407 g/mol. The molecule has 1 rings (SSSR count). The van der Waals surface area contributed by atoms with Crippen molar-refractivity contribution in [1.82, 2.24) is 15.5 Å². The van der Waals surface area contributed by atoms with E-state index < -0.39 is 0 Å². The number of likely N-dealkylation sites (tertiary alicyclic amines) is 1. The van der Waals surface area contributed by atoms with E-state index in [1.807, 2.05) is 18.8 Å². The topological polar surface area (TPSA) is 39.7 Å². The molecule has 0 saturated carbocycles. The van der Waals surface area contributed by atoms with Crippen LogP contribution in [-0.4, -0.2) is 61.6 Å². The van der Waals surface area contributed by atoms with Crippen LogP contribution in [0.3, 0.4) is 0 Å². The molecule has 0 atom stereocenters. The lowest BCUT2D eigenvalue weighted by atomic mass is 9.98. The highest BCUT2D eigenvalue weighted by Crippen LogP contribution is 2.19. The molecule has 0 bridgehead atoms. The Morgan fingerprint density at radius 3 is 2.41 bits per heavy atom. The number of aliphatic imine (C=N–C) groups is 1. The summed E-state index contributed by atoms with van der Waals surface area (Å²) in [5, 5.41) is 6.90. The summed E-state index contributed by atoms with van der Waals surface area (Å²) in [6.07, 6.45) is 8.70.